The van der Waals surface area contributed by atoms with E-state index < -0.39 is 0 Å². The predicted molar refractivity (Wildman–Crippen MR) is 130 cm³/mol. The normalized spacial score (nSPS) is 11.2. The summed E-state index contributed by atoms with van der Waals surface area (Å²) >= 11 is 5.15. The molecule has 4 nitrogen and oxygen atoms in total. The van der Waals surface area contributed by atoms with Crippen LogP contribution in [0.25, 0.3) is 11.3 Å². The van der Waals surface area contributed by atoms with E-state index in [9.17, 15) is 0 Å². The number of rotatable bonds is 7. The first-order chi connectivity index (χ1) is 15.1. The quantitative estimate of drug-likeness (QED) is 0.209. The van der Waals surface area contributed by atoms with Crippen LogP contribution in [-0.2, 0) is 18.5 Å². The number of nitrogens with zero attached hydrogens (tertiary/aromatic N) is 3. The van der Waals surface area contributed by atoms with E-state index in [4.69, 9.17) is 9.94 Å². The molecule has 4 rings (SSSR count). The Kier molecular flexibility index (Phi) is 6.89. The Morgan fingerprint density at radius 2 is 1.71 bits per heavy atom. The van der Waals surface area contributed by atoms with Gasteiger partial charge in [-0.15, -0.1) is 0 Å². The van der Waals surface area contributed by atoms with Gasteiger partial charge in [0.05, 0.1) is 11.8 Å². The third-order valence-electron chi connectivity index (χ3n) is 4.71. The fourth-order valence-electron chi connectivity index (χ4n) is 3.07. The predicted octanol–water partition coefficient (Wildman–Crippen LogP) is 6.86. The van der Waals surface area contributed by atoms with Gasteiger partial charge in [0.2, 0.25) is 0 Å². The van der Waals surface area contributed by atoms with Gasteiger partial charge < -0.3 is 4.84 Å². The van der Waals surface area contributed by atoms with Crippen LogP contribution in [0.2, 0.25) is 0 Å². The molecule has 0 N–H and O–H groups in total. The van der Waals surface area contributed by atoms with Crippen LogP contribution in [0.5, 0.6) is 0 Å². The molecule has 0 amide bonds. The Bertz CT molecular complexity index is 1170. The topological polar surface area (TPSA) is 39.4 Å². The van der Waals surface area contributed by atoms with Crippen molar-refractivity contribution in [2.24, 2.45) is 12.2 Å². The molecule has 156 valence electrons. The van der Waals surface area contributed by atoms with Gasteiger partial charge in [-0.2, -0.15) is 5.10 Å². The van der Waals surface area contributed by atoms with Gasteiger partial charge in [-0.25, -0.2) is 0 Å². The second-order valence-corrected chi connectivity index (χ2v) is 9.08. The molecule has 31 heavy (non-hydrogen) atoms. The van der Waals surface area contributed by atoms with E-state index in [1.54, 1.807) is 18.0 Å². The number of halogens is 1. The molecular weight excluding hydrogens is 470 g/mol. The summed E-state index contributed by atoms with van der Waals surface area (Å²) in [7, 11) is 1.96. The van der Waals surface area contributed by atoms with Gasteiger partial charge in [-0.3, -0.25) is 4.68 Å². The van der Waals surface area contributed by atoms with Crippen LogP contribution in [0.15, 0.2) is 98.4 Å². The maximum absolute atomic E-state index is 5.60. The maximum atomic E-state index is 5.60. The summed E-state index contributed by atoms with van der Waals surface area (Å²) in [6.07, 6.45) is 1.77. The van der Waals surface area contributed by atoms with Gasteiger partial charge in [0.25, 0.3) is 0 Å². The monoisotopic (exact) mass is 491 g/mol. The van der Waals surface area contributed by atoms with Crippen molar-refractivity contribution in [2.45, 2.75) is 23.5 Å². The molecule has 0 saturated heterocycles. The Morgan fingerprint density at radius 3 is 2.42 bits per heavy atom. The van der Waals surface area contributed by atoms with Crippen molar-refractivity contribution in [3.05, 3.63) is 100 Å². The summed E-state index contributed by atoms with van der Waals surface area (Å²) in [5.41, 5.74) is 5.17. The van der Waals surface area contributed by atoms with E-state index in [1.807, 2.05) is 42.1 Å². The smallest absolute Gasteiger partial charge is 0.142 e. The summed E-state index contributed by atoms with van der Waals surface area (Å²) < 4.78 is 2.95. The molecule has 6 heteroatoms. The number of oxime groups is 1. The Balaban J connectivity index is 1.62. The number of aryl methyl sites for hydroxylation is 2. The van der Waals surface area contributed by atoms with E-state index in [0.29, 0.717) is 6.61 Å². The standard InChI is InChI=1S/C25H22BrN3OS/c1-18-8-10-19(11-9-18)17-30-27-16-23-24(20-6-4-3-5-7-20)28-29(2)25(23)31-22-14-12-21(26)13-15-22/h3-16H,17H2,1-2H3. The van der Waals surface area contributed by atoms with Crippen molar-refractivity contribution in [3.63, 3.8) is 0 Å². The average molecular weight is 492 g/mol. The summed E-state index contributed by atoms with van der Waals surface area (Å²) in [6.45, 7) is 2.49. The fourth-order valence-corrected chi connectivity index (χ4v) is 4.26. The SMILES string of the molecule is Cc1ccc(CON=Cc2c(-c3ccccc3)nn(C)c2Sc2ccc(Br)cc2)cc1. The van der Waals surface area contributed by atoms with Crippen LogP contribution in [-0.4, -0.2) is 16.0 Å². The van der Waals surface area contributed by atoms with Crippen molar-refractivity contribution >= 4 is 33.9 Å². The van der Waals surface area contributed by atoms with E-state index in [-0.39, 0.29) is 0 Å². The van der Waals surface area contributed by atoms with Crippen LogP contribution in [0.3, 0.4) is 0 Å². The zero-order valence-corrected chi connectivity index (χ0v) is 19.7. The van der Waals surface area contributed by atoms with Crippen LogP contribution >= 0.6 is 27.7 Å². The molecule has 3 aromatic carbocycles. The highest BCUT2D eigenvalue weighted by atomic mass is 79.9. The molecule has 1 heterocycles. The second kappa shape index (κ2) is 9.98. The maximum Gasteiger partial charge on any atom is 0.142 e. The van der Waals surface area contributed by atoms with Crippen LogP contribution in [0.1, 0.15) is 16.7 Å². The molecule has 0 bridgehead atoms. The first-order valence-electron chi connectivity index (χ1n) is 9.87. The third-order valence-corrected chi connectivity index (χ3v) is 6.43. The van der Waals surface area contributed by atoms with Crippen molar-refractivity contribution in [1.29, 1.82) is 0 Å². The molecule has 0 unspecified atom stereocenters. The second-order valence-electron chi connectivity index (χ2n) is 7.11. The van der Waals surface area contributed by atoms with Crippen LogP contribution in [0, 0.1) is 6.92 Å². The summed E-state index contributed by atoms with van der Waals surface area (Å²) in [5, 5.41) is 10.1. The lowest BCUT2D eigenvalue weighted by Gasteiger charge is -2.05. The highest BCUT2D eigenvalue weighted by molar-refractivity contribution is 9.10. The zero-order valence-electron chi connectivity index (χ0n) is 17.3. The Morgan fingerprint density at radius 1 is 1.00 bits per heavy atom. The molecule has 0 atom stereocenters. The van der Waals surface area contributed by atoms with Crippen LogP contribution < -0.4 is 0 Å². The molecule has 0 aliphatic heterocycles. The molecule has 0 fully saturated rings. The van der Waals surface area contributed by atoms with Gasteiger partial charge in [0.1, 0.15) is 17.3 Å². The molecule has 0 saturated carbocycles. The first-order valence-corrected chi connectivity index (χ1v) is 11.5. The molecule has 4 aromatic rings. The molecular formula is C25H22BrN3OS. The lowest BCUT2D eigenvalue weighted by Crippen LogP contribution is -1.94. The average Bonchev–Trinajstić information content (AvgIpc) is 3.10. The van der Waals surface area contributed by atoms with Gasteiger partial charge in [0.15, 0.2) is 0 Å². The number of hydrogen-bond acceptors (Lipinski definition) is 4. The zero-order chi connectivity index (χ0) is 21.6. The highest BCUT2D eigenvalue weighted by Crippen LogP contribution is 2.35. The molecule has 0 aliphatic carbocycles. The molecule has 0 aliphatic rings. The number of hydrogen-bond donors (Lipinski definition) is 0. The van der Waals surface area contributed by atoms with Gasteiger partial charge in [0, 0.05) is 22.0 Å². The highest BCUT2D eigenvalue weighted by Gasteiger charge is 2.17. The third kappa shape index (κ3) is 5.46. The minimum Gasteiger partial charge on any atom is -0.391 e. The number of benzene rings is 3. The summed E-state index contributed by atoms with van der Waals surface area (Å²) in [6, 6.07) is 26.6. The summed E-state index contributed by atoms with van der Waals surface area (Å²) in [4.78, 5) is 6.73. The minimum absolute atomic E-state index is 0.424. The Hall–Kier alpha value is -2.83. The fraction of sp³-hybridized carbons (Fsp3) is 0.120. The van der Waals surface area contributed by atoms with E-state index in [1.165, 1.54) is 5.56 Å². The Labute approximate surface area is 195 Å². The van der Waals surface area contributed by atoms with Crippen molar-refractivity contribution < 1.29 is 4.84 Å². The lowest BCUT2D eigenvalue weighted by atomic mass is 10.1. The summed E-state index contributed by atoms with van der Waals surface area (Å²) in [5.74, 6) is 0. The lowest BCUT2D eigenvalue weighted by molar-refractivity contribution is 0.132. The van der Waals surface area contributed by atoms with E-state index in [0.717, 1.165) is 36.8 Å². The minimum atomic E-state index is 0.424. The number of aromatic nitrogens is 2. The van der Waals surface area contributed by atoms with E-state index in [2.05, 4.69) is 76.5 Å². The molecule has 1 aromatic heterocycles. The first kappa shape index (κ1) is 21.4. The van der Waals surface area contributed by atoms with Crippen molar-refractivity contribution in [2.75, 3.05) is 0 Å². The largest absolute Gasteiger partial charge is 0.391 e. The van der Waals surface area contributed by atoms with Crippen LogP contribution in [0.4, 0.5) is 0 Å². The van der Waals surface area contributed by atoms with Gasteiger partial charge >= 0.3 is 0 Å². The molecule has 0 spiro atoms. The van der Waals surface area contributed by atoms with Crippen molar-refractivity contribution in [3.8, 4) is 11.3 Å². The van der Waals surface area contributed by atoms with E-state index >= 15 is 0 Å². The molecule has 0 radical (unpaired) electrons. The van der Waals surface area contributed by atoms with Gasteiger partial charge in [-0.05, 0) is 36.8 Å². The van der Waals surface area contributed by atoms with Gasteiger partial charge in [-0.1, -0.05) is 93.0 Å². The van der Waals surface area contributed by atoms with Crippen molar-refractivity contribution in [1.82, 2.24) is 9.78 Å².